The minimum Gasteiger partial charge on any atom is -0.365 e. The van der Waals surface area contributed by atoms with E-state index in [2.05, 4.69) is 31.1 Å². The van der Waals surface area contributed by atoms with Gasteiger partial charge in [0.15, 0.2) is 0 Å². The van der Waals surface area contributed by atoms with E-state index >= 15 is 0 Å². The lowest BCUT2D eigenvalue weighted by molar-refractivity contribution is 0.312. The summed E-state index contributed by atoms with van der Waals surface area (Å²) in [4.78, 5) is 3.31. The van der Waals surface area contributed by atoms with Crippen LogP contribution in [0.1, 0.15) is 31.5 Å². The smallest absolute Gasteiger partial charge is 0.0185 e. The molecule has 60 valence electrons. The molecular formula is C10H15N. The molecule has 2 rings (SSSR count). The van der Waals surface area contributed by atoms with E-state index in [1.54, 1.807) is 0 Å². The molecule has 1 nitrogen and oxygen atoms in total. The number of nitrogens with one attached hydrogen (secondary N) is 1. The van der Waals surface area contributed by atoms with Gasteiger partial charge in [-0.25, -0.2) is 0 Å². The second-order valence-electron chi connectivity index (χ2n) is 4.32. The van der Waals surface area contributed by atoms with Gasteiger partial charge >= 0.3 is 0 Å². The van der Waals surface area contributed by atoms with Crippen molar-refractivity contribution in [2.45, 2.75) is 33.1 Å². The predicted molar refractivity (Wildman–Crippen MR) is 46.6 cm³/mol. The Balaban J connectivity index is 2.32. The first-order chi connectivity index (χ1) is 5.17. The van der Waals surface area contributed by atoms with Crippen LogP contribution in [-0.2, 0) is 12.8 Å². The Hall–Kier alpha value is -0.720. The van der Waals surface area contributed by atoms with Crippen molar-refractivity contribution in [1.29, 1.82) is 0 Å². The van der Waals surface area contributed by atoms with Gasteiger partial charge < -0.3 is 4.98 Å². The molecule has 1 heteroatoms. The predicted octanol–water partition coefficient (Wildman–Crippen LogP) is 2.53. The molecule has 1 aromatic heterocycles. The molecule has 1 aromatic rings. The molecule has 11 heavy (non-hydrogen) atoms. The molecule has 0 unspecified atom stereocenters. The quantitative estimate of drug-likeness (QED) is 0.583. The second-order valence-corrected chi connectivity index (χ2v) is 4.32. The van der Waals surface area contributed by atoms with Gasteiger partial charge in [-0.15, -0.1) is 0 Å². The van der Waals surface area contributed by atoms with Crippen LogP contribution in [-0.4, -0.2) is 4.98 Å². The van der Waals surface area contributed by atoms with Crippen molar-refractivity contribution < 1.29 is 0 Å². The lowest BCUT2D eigenvalue weighted by Crippen LogP contribution is -2.21. The molecule has 0 amide bonds. The topological polar surface area (TPSA) is 15.8 Å². The number of aromatic amines is 1. The zero-order chi connectivity index (χ0) is 7.90. The minimum atomic E-state index is 0.512. The van der Waals surface area contributed by atoms with Crippen LogP contribution in [0.3, 0.4) is 0 Å². The number of H-pyrrole nitrogens is 1. The van der Waals surface area contributed by atoms with Gasteiger partial charge in [-0.05, 0) is 36.3 Å². The van der Waals surface area contributed by atoms with E-state index in [1.165, 1.54) is 30.5 Å². The zero-order valence-electron chi connectivity index (χ0n) is 7.28. The van der Waals surface area contributed by atoms with Gasteiger partial charge in [-0.1, -0.05) is 13.8 Å². The van der Waals surface area contributed by atoms with E-state index in [9.17, 15) is 0 Å². The van der Waals surface area contributed by atoms with Crippen molar-refractivity contribution >= 4 is 0 Å². The molecule has 0 bridgehead atoms. The van der Waals surface area contributed by atoms with Crippen molar-refractivity contribution in [3.63, 3.8) is 0 Å². The molecule has 0 saturated carbocycles. The van der Waals surface area contributed by atoms with Crippen LogP contribution in [0.2, 0.25) is 0 Å². The third kappa shape index (κ3) is 1.20. The summed E-state index contributed by atoms with van der Waals surface area (Å²) in [5.41, 5.74) is 3.50. The first-order valence-electron chi connectivity index (χ1n) is 4.32. The van der Waals surface area contributed by atoms with Crippen LogP contribution >= 0.6 is 0 Å². The second kappa shape index (κ2) is 2.13. The van der Waals surface area contributed by atoms with Crippen molar-refractivity contribution in [2.75, 3.05) is 0 Å². The van der Waals surface area contributed by atoms with E-state index in [-0.39, 0.29) is 0 Å². The van der Waals surface area contributed by atoms with Gasteiger partial charge in [0.05, 0.1) is 0 Å². The molecule has 1 aliphatic rings. The van der Waals surface area contributed by atoms with Crippen molar-refractivity contribution in [3.8, 4) is 0 Å². The monoisotopic (exact) mass is 149 g/mol. The summed E-state index contributed by atoms with van der Waals surface area (Å²) in [5, 5.41) is 0. The van der Waals surface area contributed by atoms with E-state index < -0.39 is 0 Å². The Labute approximate surface area is 67.8 Å². The molecule has 0 radical (unpaired) electrons. The van der Waals surface area contributed by atoms with Crippen LogP contribution < -0.4 is 0 Å². The van der Waals surface area contributed by atoms with Crippen LogP contribution in [0.5, 0.6) is 0 Å². The Morgan fingerprint density at radius 2 is 2.27 bits per heavy atom. The number of aromatic nitrogens is 1. The lowest BCUT2D eigenvalue weighted by Gasteiger charge is -2.29. The summed E-state index contributed by atoms with van der Waals surface area (Å²) in [6.45, 7) is 4.69. The molecule has 0 fully saturated rings. The third-order valence-corrected chi connectivity index (χ3v) is 2.66. The maximum Gasteiger partial charge on any atom is 0.0185 e. The Bertz CT molecular complexity index is 258. The van der Waals surface area contributed by atoms with E-state index in [1.807, 2.05) is 0 Å². The molecule has 0 atom stereocenters. The summed E-state index contributed by atoms with van der Waals surface area (Å²) in [6.07, 6.45) is 5.87. The fourth-order valence-electron chi connectivity index (χ4n) is 1.87. The van der Waals surface area contributed by atoms with Gasteiger partial charge in [0.25, 0.3) is 0 Å². The van der Waals surface area contributed by atoms with E-state index in [0.29, 0.717) is 5.41 Å². The van der Waals surface area contributed by atoms with Gasteiger partial charge in [0.2, 0.25) is 0 Å². The average molecular weight is 149 g/mol. The molecule has 0 spiro atoms. The van der Waals surface area contributed by atoms with E-state index in [4.69, 9.17) is 0 Å². The summed E-state index contributed by atoms with van der Waals surface area (Å²) >= 11 is 0. The normalized spacial score (nSPS) is 21.3. The van der Waals surface area contributed by atoms with Crippen LogP contribution in [0, 0.1) is 5.41 Å². The van der Waals surface area contributed by atoms with Gasteiger partial charge in [0.1, 0.15) is 0 Å². The molecule has 0 saturated heterocycles. The van der Waals surface area contributed by atoms with Gasteiger partial charge in [0, 0.05) is 11.9 Å². The molecule has 1 N–H and O–H groups in total. The van der Waals surface area contributed by atoms with Crippen LogP contribution in [0.15, 0.2) is 12.3 Å². The molecular weight excluding hydrogens is 134 g/mol. The standard InChI is InChI=1S/C10H15N/c1-10(2)5-3-8-4-6-11-9(8)7-10/h4,6,11H,3,5,7H2,1-2H3. The minimum absolute atomic E-state index is 0.512. The highest BCUT2D eigenvalue weighted by atomic mass is 14.7. The molecule has 0 aromatic carbocycles. The Morgan fingerprint density at radius 1 is 1.45 bits per heavy atom. The first kappa shape index (κ1) is 6.96. The van der Waals surface area contributed by atoms with Crippen molar-refractivity contribution in [1.82, 2.24) is 4.98 Å². The van der Waals surface area contributed by atoms with Gasteiger partial charge in [-0.2, -0.15) is 0 Å². The average Bonchev–Trinajstić information content (AvgIpc) is 2.31. The van der Waals surface area contributed by atoms with Crippen molar-refractivity contribution in [3.05, 3.63) is 23.5 Å². The number of rotatable bonds is 0. The van der Waals surface area contributed by atoms with Crippen molar-refractivity contribution in [2.24, 2.45) is 5.41 Å². The highest BCUT2D eigenvalue weighted by Gasteiger charge is 2.25. The number of hydrogen-bond acceptors (Lipinski definition) is 0. The Kier molecular flexibility index (Phi) is 1.35. The fraction of sp³-hybridized carbons (Fsp3) is 0.600. The summed E-state index contributed by atoms with van der Waals surface area (Å²) in [5.74, 6) is 0. The highest BCUT2D eigenvalue weighted by molar-refractivity contribution is 5.24. The summed E-state index contributed by atoms with van der Waals surface area (Å²) in [7, 11) is 0. The van der Waals surface area contributed by atoms with Crippen LogP contribution in [0.4, 0.5) is 0 Å². The van der Waals surface area contributed by atoms with E-state index in [0.717, 1.165) is 0 Å². The number of aryl methyl sites for hydroxylation is 1. The number of hydrogen-bond donors (Lipinski definition) is 1. The summed E-state index contributed by atoms with van der Waals surface area (Å²) < 4.78 is 0. The molecule has 0 aliphatic heterocycles. The van der Waals surface area contributed by atoms with Crippen LogP contribution in [0.25, 0.3) is 0 Å². The Morgan fingerprint density at radius 3 is 3.09 bits per heavy atom. The summed E-state index contributed by atoms with van der Waals surface area (Å²) in [6, 6.07) is 2.21. The zero-order valence-corrected chi connectivity index (χ0v) is 7.28. The highest BCUT2D eigenvalue weighted by Crippen LogP contribution is 2.33. The number of fused-ring (bicyclic) bond motifs is 1. The fourth-order valence-corrected chi connectivity index (χ4v) is 1.87. The molecule has 1 heterocycles. The maximum absolute atomic E-state index is 3.31. The lowest BCUT2D eigenvalue weighted by atomic mass is 9.77. The molecule has 1 aliphatic carbocycles. The first-order valence-corrected chi connectivity index (χ1v) is 4.32. The van der Waals surface area contributed by atoms with Gasteiger partial charge in [-0.3, -0.25) is 0 Å². The third-order valence-electron chi connectivity index (χ3n) is 2.66. The SMILES string of the molecule is CC1(C)CCc2cc[nH]c2C1. The largest absolute Gasteiger partial charge is 0.365 e. The maximum atomic E-state index is 3.31.